The fraction of sp³-hybridized carbons (Fsp3) is 0.400. The van der Waals surface area contributed by atoms with E-state index in [1.54, 1.807) is 7.11 Å². The lowest BCUT2D eigenvalue weighted by Gasteiger charge is -2.36. The van der Waals surface area contributed by atoms with Crippen molar-refractivity contribution in [3.63, 3.8) is 0 Å². The second kappa shape index (κ2) is 9.37. The Balaban J connectivity index is 1.35. The van der Waals surface area contributed by atoms with Crippen LogP contribution in [0.4, 0.5) is 5.69 Å². The van der Waals surface area contributed by atoms with Gasteiger partial charge in [0.15, 0.2) is 0 Å². The highest BCUT2D eigenvalue weighted by atomic mass is 35.5. The van der Waals surface area contributed by atoms with Gasteiger partial charge in [-0.1, -0.05) is 17.7 Å². The zero-order valence-electron chi connectivity index (χ0n) is 14.7. The number of anilines is 1. The first kappa shape index (κ1) is 18.4. The third-order valence-electron chi connectivity index (χ3n) is 4.49. The smallest absolute Gasteiger partial charge is 0.118 e. The number of rotatable bonds is 7. The normalized spacial score (nSPS) is 15.4. The summed E-state index contributed by atoms with van der Waals surface area (Å²) < 4.78 is 5.19. The Hall–Kier alpha value is -1.36. The fourth-order valence-electron chi connectivity index (χ4n) is 3.05. The molecule has 0 aromatic heterocycles. The van der Waals surface area contributed by atoms with Gasteiger partial charge in [0.2, 0.25) is 0 Å². The van der Waals surface area contributed by atoms with Crippen molar-refractivity contribution in [2.45, 2.75) is 11.3 Å². The van der Waals surface area contributed by atoms with Gasteiger partial charge in [-0.05, 0) is 61.2 Å². The van der Waals surface area contributed by atoms with Crippen LogP contribution < -0.4 is 9.64 Å². The number of ether oxygens (including phenoxy) is 1. The minimum absolute atomic E-state index is 0.815. The van der Waals surface area contributed by atoms with Crippen LogP contribution in [0.1, 0.15) is 6.42 Å². The molecule has 1 saturated heterocycles. The number of thioether (sulfide) groups is 1. The van der Waals surface area contributed by atoms with Gasteiger partial charge in [0.25, 0.3) is 0 Å². The third kappa shape index (κ3) is 5.56. The van der Waals surface area contributed by atoms with E-state index in [4.69, 9.17) is 16.3 Å². The molecule has 0 spiro atoms. The maximum Gasteiger partial charge on any atom is 0.118 e. The number of halogens is 1. The van der Waals surface area contributed by atoms with Crippen LogP contribution in [-0.4, -0.2) is 50.5 Å². The lowest BCUT2D eigenvalue weighted by Crippen LogP contribution is -2.46. The van der Waals surface area contributed by atoms with Gasteiger partial charge in [-0.3, -0.25) is 4.90 Å². The highest BCUT2D eigenvalue weighted by molar-refractivity contribution is 7.99. The molecule has 1 aliphatic rings. The Bertz CT molecular complexity index is 657. The molecule has 0 N–H and O–H groups in total. The Morgan fingerprint density at radius 1 is 1.04 bits per heavy atom. The molecule has 3 rings (SSSR count). The molecular weight excluding hydrogens is 352 g/mol. The molecule has 134 valence electrons. The van der Waals surface area contributed by atoms with Crippen molar-refractivity contribution < 1.29 is 4.74 Å². The Morgan fingerprint density at radius 3 is 2.48 bits per heavy atom. The first-order chi connectivity index (χ1) is 12.2. The summed E-state index contributed by atoms with van der Waals surface area (Å²) >= 11 is 8.02. The first-order valence-corrected chi connectivity index (χ1v) is 10.1. The predicted molar refractivity (Wildman–Crippen MR) is 108 cm³/mol. The third-order valence-corrected chi connectivity index (χ3v) is 5.83. The quantitative estimate of drug-likeness (QED) is 0.516. The fourth-order valence-corrected chi connectivity index (χ4v) is 4.07. The van der Waals surface area contributed by atoms with Crippen LogP contribution in [0.15, 0.2) is 53.4 Å². The van der Waals surface area contributed by atoms with Crippen LogP contribution in [0.25, 0.3) is 0 Å². The van der Waals surface area contributed by atoms with Crippen molar-refractivity contribution in [1.82, 2.24) is 4.90 Å². The van der Waals surface area contributed by atoms with E-state index in [2.05, 4.69) is 34.1 Å². The largest absolute Gasteiger partial charge is 0.497 e. The number of piperazine rings is 1. The summed E-state index contributed by atoms with van der Waals surface area (Å²) in [6.07, 6.45) is 1.22. The minimum atomic E-state index is 0.815. The molecule has 2 aromatic rings. The van der Waals surface area contributed by atoms with Crippen LogP contribution in [0, 0.1) is 0 Å². The molecule has 1 heterocycles. The van der Waals surface area contributed by atoms with E-state index in [-0.39, 0.29) is 0 Å². The Kier molecular flexibility index (Phi) is 6.91. The summed E-state index contributed by atoms with van der Waals surface area (Å²) in [5.74, 6) is 2.07. The molecular formula is C20H25ClN2OS. The van der Waals surface area contributed by atoms with Crippen molar-refractivity contribution >= 4 is 29.1 Å². The summed E-state index contributed by atoms with van der Waals surface area (Å²) in [6.45, 7) is 5.57. The van der Waals surface area contributed by atoms with Crippen LogP contribution >= 0.6 is 23.4 Å². The molecule has 0 amide bonds. The molecule has 2 aromatic carbocycles. The number of hydrogen-bond donors (Lipinski definition) is 0. The molecule has 0 saturated carbocycles. The van der Waals surface area contributed by atoms with Gasteiger partial charge < -0.3 is 9.64 Å². The van der Waals surface area contributed by atoms with Crippen LogP contribution in [0.3, 0.4) is 0 Å². The summed E-state index contributed by atoms with van der Waals surface area (Å²) in [5.41, 5.74) is 1.24. The molecule has 3 nitrogen and oxygen atoms in total. The van der Waals surface area contributed by atoms with E-state index in [0.29, 0.717) is 0 Å². The maximum absolute atomic E-state index is 6.10. The summed E-state index contributed by atoms with van der Waals surface area (Å²) in [5, 5.41) is 0.815. The van der Waals surface area contributed by atoms with Crippen molar-refractivity contribution in [1.29, 1.82) is 0 Å². The summed E-state index contributed by atoms with van der Waals surface area (Å²) in [4.78, 5) is 6.30. The van der Waals surface area contributed by atoms with Crippen LogP contribution in [0.2, 0.25) is 5.02 Å². The average Bonchev–Trinajstić information content (AvgIpc) is 2.66. The Morgan fingerprint density at radius 2 is 1.80 bits per heavy atom. The number of nitrogens with zero attached hydrogens (tertiary/aromatic N) is 2. The van der Waals surface area contributed by atoms with Gasteiger partial charge in [-0.25, -0.2) is 0 Å². The average molecular weight is 377 g/mol. The highest BCUT2D eigenvalue weighted by Crippen LogP contribution is 2.23. The molecule has 0 aliphatic carbocycles. The van der Waals surface area contributed by atoms with E-state index >= 15 is 0 Å². The van der Waals surface area contributed by atoms with E-state index in [0.717, 1.165) is 42.7 Å². The van der Waals surface area contributed by atoms with Gasteiger partial charge in [0, 0.05) is 41.8 Å². The van der Waals surface area contributed by atoms with Gasteiger partial charge in [-0.2, -0.15) is 0 Å². The molecule has 0 atom stereocenters. The molecule has 25 heavy (non-hydrogen) atoms. The molecule has 1 aliphatic heterocycles. The van der Waals surface area contributed by atoms with Crippen LogP contribution in [-0.2, 0) is 0 Å². The SMILES string of the molecule is COc1ccc(SCCCN2CCN(c3cccc(Cl)c3)CC2)cc1. The van der Waals surface area contributed by atoms with Crippen molar-refractivity contribution in [2.75, 3.05) is 50.5 Å². The van der Waals surface area contributed by atoms with E-state index in [1.807, 2.05) is 36.0 Å². The lowest BCUT2D eigenvalue weighted by molar-refractivity contribution is 0.259. The minimum Gasteiger partial charge on any atom is -0.497 e. The number of methoxy groups -OCH3 is 1. The first-order valence-electron chi connectivity index (χ1n) is 8.74. The van der Waals surface area contributed by atoms with Gasteiger partial charge >= 0.3 is 0 Å². The van der Waals surface area contributed by atoms with Crippen molar-refractivity contribution in [3.8, 4) is 5.75 Å². The zero-order valence-corrected chi connectivity index (χ0v) is 16.2. The second-order valence-corrected chi connectivity index (χ2v) is 7.79. The predicted octanol–water partition coefficient (Wildman–Crippen LogP) is 4.65. The molecule has 5 heteroatoms. The monoisotopic (exact) mass is 376 g/mol. The molecule has 0 unspecified atom stereocenters. The maximum atomic E-state index is 6.10. The van der Waals surface area contributed by atoms with Gasteiger partial charge in [0.1, 0.15) is 5.75 Å². The summed E-state index contributed by atoms with van der Waals surface area (Å²) in [7, 11) is 1.70. The van der Waals surface area contributed by atoms with Gasteiger partial charge in [-0.15, -0.1) is 11.8 Å². The van der Waals surface area contributed by atoms with E-state index in [1.165, 1.54) is 23.5 Å². The number of benzene rings is 2. The van der Waals surface area contributed by atoms with Crippen molar-refractivity contribution in [3.05, 3.63) is 53.6 Å². The van der Waals surface area contributed by atoms with Crippen molar-refractivity contribution in [2.24, 2.45) is 0 Å². The molecule has 1 fully saturated rings. The van der Waals surface area contributed by atoms with E-state index < -0.39 is 0 Å². The topological polar surface area (TPSA) is 15.7 Å². The molecule has 0 radical (unpaired) electrons. The zero-order chi connectivity index (χ0) is 17.5. The lowest BCUT2D eigenvalue weighted by atomic mass is 10.2. The van der Waals surface area contributed by atoms with Gasteiger partial charge in [0.05, 0.1) is 7.11 Å². The standard InChI is InChI=1S/C20H25ClN2OS/c1-24-19-6-8-20(9-7-19)25-15-3-10-22-11-13-23(14-12-22)18-5-2-4-17(21)16-18/h2,4-9,16H,3,10-15H2,1H3. The van der Waals surface area contributed by atoms with Crippen LogP contribution in [0.5, 0.6) is 5.75 Å². The second-order valence-electron chi connectivity index (χ2n) is 6.19. The molecule has 0 bridgehead atoms. The Labute approximate surface area is 159 Å². The number of hydrogen-bond acceptors (Lipinski definition) is 4. The van der Waals surface area contributed by atoms with E-state index in [9.17, 15) is 0 Å². The summed E-state index contributed by atoms with van der Waals surface area (Å²) in [6, 6.07) is 16.5. The highest BCUT2D eigenvalue weighted by Gasteiger charge is 2.16.